The molecule has 0 radical (unpaired) electrons. The summed E-state index contributed by atoms with van der Waals surface area (Å²) >= 11 is 0. The first kappa shape index (κ1) is 13.1. The first-order chi connectivity index (χ1) is 7.49. The number of rotatable bonds is 5. The Kier molecular flexibility index (Phi) is 4.85. The quantitative estimate of drug-likeness (QED) is 0.759. The molecule has 0 bridgehead atoms. The predicted molar refractivity (Wildman–Crippen MR) is 73.1 cm³/mol. The van der Waals surface area contributed by atoms with E-state index < -0.39 is 0 Å². The highest BCUT2D eigenvalue weighted by Crippen LogP contribution is 2.18. The van der Waals surface area contributed by atoms with E-state index in [0.717, 1.165) is 5.92 Å². The van der Waals surface area contributed by atoms with Crippen LogP contribution in [-0.4, -0.2) is 6.04 Å². The Labute approximate surface area is 100 Å². The SMILES string of the molecule is CC(C)CC(C)Nc1ccc(C(C)C)cc1. The van der Waals surface area contributed by atoms with E-state index in [1.807, 2.05) is 0 Å². The molecule has 0 fully saturated rings. The second-order valence-electron chi connectivity index (χ2n) is 5.45. The topological polar surface area (TPSA) is 12.0 Å². The van der Waals surface area contributed by atoms with Crippen LogP contribution >= 0.6 is 0 Å². The van der Waals surface area contributed by atoms with E-state index in [1.54, 1.807) is 0 Å². The van der Waals surface area contributed by atoms with Crippen LogP contribution in [0.15, 0.2) is 24.3 Å². The number of hydrogen-bond donors (Lipinski definition) is 1. The molecule has 1 atom stereocenters. The molecule has 0 heterocycles. The van der Waals surface area contributed by atoms with Crippen molar-refractivity contribution in [3.8, 4) is 0 Å². The number of hydrogen-bond acceptors (Lipinski definition) is 1. The molecule has 0 aromatic heterocycles. The monoisotopic (exact) mass is 219 g/mol. The zero-order chi connectivity index (χ0) is 12.1. The second-order valence-corrected chi connectivity index (χ2v) is 5.45. The third kappa shape index (κ3) is 4.26. The van der Waals surface area contributed by atoms with E-state index in [-0.39, 0.29) is 0 Å². The molecule has 0 amide bonds. The van der Waals surface area contributed by atoms with Crippen LogP contribution in [0.1, 0.15) is 52.5 Å². The van der Waals surface area contributed by atoms with Gasteiger partial charge in [-0.15, -0.1) is 0 Å². The maximum atomic E-state index is 3.54. The summed E-state index contributed by atoms with van der Waals surface area (Å²) in [5.74, 6) is 1.36. The Morgan fingerprint density at radius 3 is 1.94 bits per heavy atom. The van der Waals surface area contributed by atoms with Gasteiger partial charge in [-0.25, -0.2) is 0 Å². The minimum Gasteiger partial charge on any atom is -0.383 e. The number of benzene rings is 1. The normalized spacial score (nSPS) is 13.2. The minimum atomic E-state index is 0.546. The fourth-order valence-electron chi connectivity index (χ4n) is 2.01. The van der Waals surface area contributed by atoms with Crippen molar-refractivity contribution in [2.75, 3.05) is 5.32 Å². The summed E-state index contributed by atoms with van der Waals surface area (Å²) in [5, 5.41) is 3.54. The molecule has 16 heavy (non-hydrogen) atoms. The van der Waals surface area contributed by atoms with Crippen LogP contribution in [0.4, 0.5) is 5.69 Å². The van der Waals surface area contributed by atoms with Crippen molar-refractivity contribution in [2.45, 2.75) is 53.0 Å². The Balaban J connectivity index is 2.55. The van der Waals surface area contributed by atoms with Gasteiger partial charge < -0.3 is 5.32 Å². The molecule has 1 N–H and O–H groups in total. The van der Waals surface area contributed by atoms with Crippen molar-refractivity contribution in [3.63, 3.8) is 0 Å². The van der Waals surface area contributed by atoms with E-state index in [9.17, 15) is 0 Å². The fraction of sp³-hybridized carbons (Fsp3) is 0.600. The number of nitrogens with one attached hydrogen (secondary N) is 1. The lowest BCUT2D eigenvalue weighted by molar-refractivity contribution is 0.540. The molecule has 1 nitrogen and oxygen atoms in total. The van der Waals surface area contributed by atoms with Crippen LogP contribution < -0.4 is 5.32 Å². The summed E-state index contributed by atoms with van der Waals surface area (Å²) in [5.41, 5.74) is 2.64. The third-order valence-electron chi connectivity index (χ3n) is 2.82. The van der Waals surface area contributed by atoms with Crippen molar-refractivity contribution < 1.29 is 0 Å². The van der Waals surface area contributed by atoms with Crippen LogP contribution in [0.25, 0.3) is 0 Å². The summed E-state index contributed by atoms with van der Waals surface area (Å²) in [6.45, 7) is 11.2. The lowest BCUT2D eigenvalue weighted by Crippen LogP contribution is -2.17. The third-order valence-corrected chi connectivity index (χ3v) is 2.82. The van der Waals surface area contributed by atoms with Gasteiger partial charge in [-0.3, -0.25) is 0 Å². The van der Waals surface area contributed by atoms with Gasteiger partial charge in [0.05, 0.1) is 0 Å². The molecule has 1 heteroatoms. The van der Waals surface area contributed by atoms with Crippen LogP contribution in [0, 0.1) is 5.92 Å². The molecule has 0 saturated heterocycles. The van der Waals surface area contributed by atoms with E-state index in [0.29, 0.717) is 12.0 Å². The largest absolute Gasteiger partial charge is 0.383 e. The van der Waals surface area contributed by atoms with Gasteiger partial charge in [0.2, 0.25) is 0 Å². The molecular weight excluding hydrogens is 194 g/mol. The average molecular weight is 219 g/mol. The Hall–Kier alpha value is -0.980. The van der Waals surface area contributed by atoms with Crippen LogP contribution in [0.2, 0.25) is 0 Å². The van der Waals surface area contributed by atoms with Gasteiger partial charge in [0.1, 0.15) is 0 Å². The molecule has 0 aliphatic carbocycles. The van der Waals surface area contributed by atoms with Gasteiger partial charge >= 0.3 is 0 Å². The van der Waals surface area contributed by atoms with Crippen molar-refractivity contribution in [3.05, 3.63) is 29.8 Å². The molecule has 90 valence electrons. The van der Waals surface area contributed by atoms with Gasteiger partial charge in [0, 0.05) is 11.7 Å². The molecule has 1 rings (SSSR count). The Morgan fingerprint density at radius 2 is 1.50 bits per heavy atom. The maximum absolute atomic E-state index is 3.54. The van der Waals surface area contributed by atoms with E-state index in [1.165, 1.54) is 17.7 Å². The van der Waals surface area contributed by atoms with Crippen LogP contribution in [0.3, 0.4) is 0 Å². The average Bonchev–Trinajstić information content (AvgIpc) is 2.16. The first-order valence-corrected chi connectivity index (χ1v) is 6.35. The minimum absolute atomic E-state index is 0.546. The lowest BCUT2D eigenvalue weighted by Gasteiger charge is -2.17. The Bertz CT molecular complexity index is 298. The molecule has 0 spiro atoms. The lowest BCUT2D eigenvalue weighted by atomic mass is 10.0. The summed E-state index contributed by atoms with van der Waals surface area (Å²) in [4.78, 5) is 0. The standard InChI is InChI=1S/C15H25N/c1-11(2)10-13(5)16-15-8-6-14(7-9-15)12(3)4/h6-9,11-13,16H,10H2,1-5H3. The second kappa shape index (κ2) is 5.93. The maximum Gasteiger partial charge on any atom is 0.0342 e. The first-order valence-electron chi connectivity index (χ1n) is 6.35. The van der Waals surface area contributed by atoms with Crippen molar-refractivity contribution >= 4 is 5.69 Å². The molecule has 0 aliphatic heterocycles. The summed E-state index contributed by atoms with van der Waals surface area (Å²) in [6.07, 6.45) is 1.21. The molecule has 1 aromatic rings. The van der Waals surface area contributed by atoms with Crippen LogP contribution in [-0.2, 0) is 0 Å². The van der Waals surface area contributed by atoms with E-state index in [4.69, 9.17) is 0 Å². The highest BCUT2D eigenvalue weighted by atomic mass is 14.9. The summed E-state index contributed by atoms with van der Waals surface area (Å²) < 4.78 is 0. The summed E-state index contributed by atoms with van der Waals surface area (Å²) in [7, 11) is 0. The van der Waals surface area contributed by atoms with Gasteiger partial charge in [-0.2, -0.15) is 0 Å². The summed E-state index contributed by atoms with van der Waals surface area (Å²) in [6, 6.07) is 9.35. The fourth-order valence-corrected chi connectivity index (χ4v) is 2.01. The van der Waals surface area contributed by atoms with E-state index >= 15 is 0 Å². The zero-order valence-electron chi connectivity index (χ0n) is 11.2. The predicted octanol–water partition coefficient (Wildman–Crippen LogP) is 4.66. The highest BCUT2D eigenvalue weighted by molar-refractivity contribution is 5.45. The molecular formula is C15H25N. The van der Waals surface area contributed by atoms with Crippen molar-refractivity contribution in [2.24, 2.45) is 5.92 Å². The van der Waals surface area contributed by atoms with Gasteiger partial charge in [0.25, 0.3) is 0 Å². The zero-order valence-corrected chi connectivity index (χ0v) is 11.2. The van der Waals surface area contributed by atoms with Crippen molar-refractivity contribution in [1.82, 2.24) is 0 Å². The molecule has 0 aliphatic rings. The van der Waals surface area contributed by atoms with Gasteiger partial charge in [0.15, 0.2) is 0 Å². The van der Waals surface area contributed by atoms with Crippen LogP contribution in [0.5, 0.6) is 0 Å². The van der Waals surface area contributed by atoms with E-state index in [2.05, 4.69) is 64.2 Å². The Morgan fingerprint density at radius 1 is 0.938 bits per heavy atom. The van der Waals surface area contributed by atoms with Gasteiger partial charge in [-0.1, -0.05) is 39.8 Å². The van der Waals surface area contributed by atoms with Crippen molar-refractivity contribution in [1.29, 1.82) is 0 Å². The molecule has 1 unspecified atom stereocenters. The molecule has 0 saturated carbocycles. The highest BCUT2D eigenvalue weighted by Gasteiger charge is 2.05. The van der Waals surface area contributed by atoms with Gasteiger partial charge in [-0.05, 0) is 42.9 Å². The smallest absolute Gasteiger partial charge is 0.0342 e. The number of anilines is 1. The molecule has 1 aromatic carbocycles.